The monoisotopic (exact) mass is 264 g/mol. The zero-order valence-corrected chi connectivity index (χ0v) is 10.4. The van der Waals surface area contributed by atoms with Gasteiger partial charge in [0.05, 0.1) is 6.61 Å². The molecule has 0 saturated heterocycles. The number of thiophene rings is 1. The highest BCUT2D eigenvalue weighted by Gasteiger charge is 2.16. The highest BCUT2D eigenvalue weighted by Crippen LogP contribution is 2.27. The maximum atomic E-state index is 11.4. The molecule has 3 N–H and O–H groups in total. The molecule has 0 amide bonds. The van der Waals surface area contributed by atoms with Gasteiger partial charge in [0, 0.05) is 0 Å². The summed E-state index contributed by atoms with van der Waals surface area (Å²) < 4.78 is 28.5. The van der Waals surface area contributed by atoms with E-state index in [4.69, 9.17) is 9.88 Å². The smallest absolute Gasteiger partial charge is 0.348 e. The predicted molar refractivity (Wildman–Crippen MR) is 61.7 cm³/mol. The van der Waals surface area contributed by atoms with Crippen LogP contribution in [0.2, 0.25) is 0 Å². The lowest BCUT2D eigenvalue weighted by Crippen LogP contribution is -2.20. The van der Waals surface area contributed by atoms with Gasteiger partial charge in [0.2, 0.25) is 0 Å². The first-order chi connectivity index (χ1) is 7.33. The topological polar surface area (TPSA) is 98.5 Å². The van der Waals surface area contributed by atoms with E-state index in [9.17, 15) is 13.2 Å². The summed E-state index contributed by atoms with van der Waals surface area (Å²) in [4.78, 5) is 11.8. The molecule has 0 aliphatic carbocycles. The third kappa shape index (κ3) is 3.47. The van der Waals surface area contributed by atoms with E-state index >= 15 is 0 Å². The molecule has 1 aromatic heterocycles. The number of aryl methyl sites for hydroxylation is 1. The van der Waals surface area contributed by atoms with Crippen LogP contribution in [-0.4, -0.2) is 21.0 Å². The number of rotatable bonds is 4. The molecule has 1 heterocycles. The number of nitrogens with two attached hydrogens (primary N) is 1. The zero-order chi connectivity index (χ0) is 12.3. The first kappa shape index (κ1) is 12.9. The van der Waals surface area contributed by atoms with Gasteiger partial charge in [-0.15, -0.1) is 11.3 Å². The maximum absolute atomic E-state index is 11.4. The number of nitrogens with one attached hydrogen (secondary N) is 1. The van der Waals surface area contributed by atoms with E-state index in [0.29, 0.717) is 15.4 Å². The Hall–Kier alpha value is -1.12. The van der Waals surface area contributed by atoms with E-state index in [-0.39, 0.29) is 6.61 Å². The summed E-state index contributed by atoms with van der Waals surface area (Å²) in [7, 11) is -3.81. The second-order valence-electron chi connectivity index (χ2n) is 2.99. The summed E-state index contributed by atoms with van der Waals surface area (Å²) in [5, 5.41) is 5.11. The number of esters is 1. The lowest BCUT2D eigenvalue weighted by Gasteiger charge is -1.99. The molecule has 0 bridgehead atoms. The summed E-state index contributed by atoms with van der Waals surface area (Å²) in [6.45, 7) is 3.66. The van der Waals surface area contributed by atoms with Crippen molar-refractivity contribution in [2.45, 2.75) is 13.8 Å². The van der Waals surface area contributed by atoms with Crippen molar-refractivity contribution in [1.29, 1.82) is 0 Å². The van der Waals surface area contributed by atoms with Crippen molar-refractivity contribution in [3.05, 3.63) is 16.5 Å². The van der Waals surface area contributed by atoms with Gasteiger partial charge in [-0.1, -0.05) is 0 Å². The Bertz CT molecular complexity index is 492. The summed E-state index contributed by atoms with van der Waals surface area (Å²) >= 11 is 0.990. The molecule has 8 heteroatoms. The molecule has 0 spiro atoms. The number of anilines is 1. The minimum absolute atomic E-state index is 0.272. The standard InChI is InChI=1S/C8H12N2O4S2/c1-3-14-8(11)7-5(2)4-6(15-7)10-16(9,12)13/h4,10H,3H2,1-2H3,(H2,9,12,13). The maximum Gasteiger partial charge on any atom is 0.348 e. The Balaban J connectivity index is 2.94. The molecule has 0 saturated carbocycles. The van der Waals surface area contributed by atoms with Crippen LogP contribution in [-0.2, 0) is 14.9 Å². The molecule has 0 aromatic carbocycles. The third-order valence-electron chi connectivity index (χ3n) is 1.62. The second kappa shape index (κ2) is 4.81. The summed E-state index contributed by atoms with van der Waals surface area (Å²) in [6.07, 6.45) is 0. The van der Waals surface area contributed by atoms with Crippen molar-refractivity contribution in [2.24, 2.45) is 5.14 Å². The van der Waals surface area contributed by atoms with Crippen molar-refractivity contribution in [3.8, 4) is 0 Å². The molecule has 0 radical (unpaired) electrons. The average molecular weight is 264 g/mol. The third-order valence-corrected chi connectivity index (χ3v) is 3.39. The van der Waals surface area contributed by atoms with Gasteiger partial charge in [-0.25, -0.2) is 9.93 Å². The summed E-state index contributed by atoms with van der Waals surface area (Å²) in [5.74, 6) is -0.465. The lowest BCUT2D eigenvalue weighted by atomic mass is 10.3. The molecule has 0 aliphatic rings. The molecule has 16 heavy (non-hydrogen) atoms. The molecule has 0 atom stereocenters. The Labute approximate surface area is 97.6 Å². The zero-order valence-electron chi connectivity index (χ0n) is 8.81. The quantitative estimate of drug-likeness (QED) is 0.787. The number of carbonyl (C=O) groups excluding carboxylic acids is 1. The largest absolute Gasteiger partial charge is 0.462 e. The van der Waals surface area contributed by atoms with Crippen LogP contribution in [0.15, 0.2) is 6.07 Å². The summed E-state index contributed by atoms with van der Waals surface area (Å²) in [6, 6.07) is 1.53. The SMILES string of the molecule is CCOC(=O)c1sc(NS(N)(=O)=O)cc1C. The fourth-order valence-corrected chi connectivity index (χ4v) is 2.74. The average Bonchev–Trinajstić information content (AvgIpc) is 2.44. The Morgan fingerprint density at radius 1 is 1.62 bits per heavy atom. The van der Waals surface area contributed by atoms with E-state index in [2.05, 4.69) is 4.72 Å². The van der Waals surface area contributed by atoms with Crippen LogP contribution in [0.3, 0.4) is 0 Å². The molecule has 0 fully saturated rings. The van der Waals surface area contributed by atoms with Gasteiger partial charge in [-0.05, 0) is 25.5 Å². The van der Waals surface area contributed by atoms with Gasteiger partial charge in [0.15, 0.2) is 0 Å². The van der Waals surface area contributed by atoms with Crippen molar-refractivity contribution in [1.82, 2.24) is 0 Å². The number of carbonyl (C=O) groups is 1. The molecule has 6 nitrogen and oxygen atoms in total. The van der Waals surface area contributed by atoms with Crippen LogP contribution in [0.4, 0.5) is 5.00 Å². The van der Waals surface area contributed by atoms with Gasteiger partial charge in [-0.3, -0.25) is 4.72 Å². The minimum Gasteiger partial charge on any atom is -0.462 e. The predicted octanol–water partition coefficient (Wildman–Crippen LogP) is 0.849. The second-order valence-corrected chi connectivity index (χ2v) is 5.34. The molecule has 0 aliphatic heterocycles. The van der Waals surface area contributed by atoms with Gasteiger partial charge >= 0.3 is 5.97 Å². The van der Waals surface area contributed by atoms with Crippen molar-refractivity contribution >= 4 is 32.5 Å². The van der Waals surface area contributed by atoms with Crippen LogP contribution >= 0.6 is 11.3 Å². The molecular weight excluding hydrogens is 252 g/mol. The van der Waals surface area contributed by atoms with E-state index in [0.717, 1.165) is 11.3 Å². The van der Waals surface area contributed by atoms with Crippen LogP contribution < -0.4 is 9.86 Å². The van der Waals surface area contributed by atoms with Gasteiger partial charge in [-0.2, -0.15) is 8.42 Å². The number of hydrogen-bond acceptors (Lipinski definition) is 5. The highest BCUT2D eigenvalue weighted by molar-refractivity contribution is 7.90. The Morgan fingerprint density at radius 3 is 2.75 bits per heavy atom. The van der Waals surface area contributed by atoms with Gasteiger partial charge in [0.25, 0.3) is 10.2 Å². The molecular formula is C8H12N2O4S2. The van der Waals surface area contributed by atoms with Gasteiger partial charge < -0.3 is 4.74 Å². The first-order valence-electron chi connectivity index (χ1n) is 4.41. The van der Waals surface area contributed by atoms with E-state index in [1.54, 1.807) is 13.8 Å². The minimum atomic E-state index is -3.81. The van der Waals surface area contributed by atoms with Crippen molar-refractivity contribution < 1.29 is 17.9 Å². The Kier molecular flexibility index (Phi) is 3.89. The molecule has 90 valence electrons. The molecule has 0 unspecified atom stereocenters. The first-order valence-corrected chi connectivity index (χ1v) is 6.78. The van der Waals surface area contributed by atoms with Crippen LogP contribution in [0.25, 0.3) is 0 Å². The van der Waals surface area contributed by atoms with Crippen LogP contribution in [0.1, 0.15) is 22.2 Å². The van der Waals surface area contributed by atoms with E-state index < -0.39 is 16.2 Å². The van der Waals surface area contributed by atoms with Crippen molar-refractivity contribution in [3.63, 3.8) is 0 Å². The number of ether oxygens (including phenoxy) is 1. The van der Waals surface area contributed by atoms with Crippen LogP contribution in [0, 0.1) is 6.92 Å². The van der Waals surface area contributed by atoms with Gasteiger partial charge in [0.1, 0.15) is 9.88 Å². The fourth-order valence-electron chi connectivity index (χ4n) is 1.07. The Morgan fingerprint density at radius 2 is 2.25 bits per heavy atom. The molecule has 1 aromatic rings. The van der Waals surface area contributed by atoms with E-state index in [1.165, 1.54) is 6.07 Å². The lowest BCUT2D eigenvalue weighted by molar-refractivity contribution is 0.0531. The highest BCUT2D eigenvalue weighted by atomic mass is 32.2. The fraction of sp³-hybridized carbons (Fsp3) is 0.375. The van der Waals surface area contributed by atoms with Crippen LogP contribution in [0.5, 0.6) is 0 Å². The normalized spacial score (nSPS) is 11.2. The number of hydrogen-bond donors (Lipinski definition) is 2. The summed E-state index contributed by atoms with van der Waals surface area (Å²) in [5.41, 5.74) is 0.648. The van der Waals surface area contributed by atoms with E-state index in [1.807, 2.05) is 0 Å². The molecule has 1 rings (SSSR count). The van der Waals surface area contributed by atoms with Crippen molar-refractivity contribution in [2.75, 3.05) is 11.3 Å².